The third-order valence-electron chi connectivity index (χ3n) is 4.49. The van der Waals surface area contributed by atoms with E-state index < -0.39 is 11.6 Å². The van der Waals surface area contributed by atoms with E-state index in [1.165, 1.54) is 6.07 Å². The summed E-state index contributed by atoms with van der Waals surface area (Å²) >= 11 is 0. The Labute approximate surface area is 144 Å². The fourth-order valence-electron chi connectivity index (χ4n) is 3.03. The number of amides is 2. The number of aromatic nitrogens is 3. The van der Waals surface area contributed by atoms with Gasteiger partial charge in [-0.3, -0.25) is 4.68 Å². The first kappa shape index (κ1) is 17.3. The van der Waals surface area contributed by atoms with Gasteiger partial charge in [-0.15, -0.1) is 5.10 Å². The maximum absolute atomic E-state index is 13.1. The number of halogens is 2. The predicted octanol–water partition coefficient (Wildman–Crippen LogP) is 2.22. The lowest BCUT2D eigenvalue weighted by Gasteiger charge is -2.31. The van der Waals surface area contributed by atoms with Gasteiger partial charge in [0.2, 0.25) is 0 Å². The first-order valence-electron chi connectivity index (χ1n) is 8.42. The molecule has 3 rings (SSSR count). The number of carbonyl (C=O) groups is 1. The summed E-state index contributed by atoms with van der Waals surface area (Å²) in [6.45, 7) is 2.63. The van der Waals surface area contributed by atoms with Crippen LogP contribution in [0.15, 0.2) is 30.6 Å². The van der Waals surface area contributed by atoms with Gasteiger partial charge in [0.15, 0.2) is 11.6 Å². The Morgan fingerprint density at radius 3 is 2.72 bits per heavy atom. The Kier molecular flexibility index (Phi) is 5.57. The van der Waals surface area contributed by atoms with Gasteiger partial charge in [0, 0.05) is 32.4 Å². The van der Waals surface area contributed by atoms with Crippen molar-refractivity contribution < 1.29 is 13.6 Å². The van der Waals surface area contributed by atoms with Crippen LogP contribution in [0.3, 0.4) is 0 Å². The second-order valence-corrected chi connectivity index (χ2v) is 6.29. The molecule has 1 saturated heterocycles. The molecule has 0 saturated carbocycles. The SMILES string of the molecule is O=C(NCCc1ccc(F)c(F)c1)N1CCC(Cn2ccnn2)CC1. The van der Waals surface area contributed by atoms with Gasteiger partial charge in [0.05, 0.1) is 6.20 Å². The summed E-state index contributed by atoms with van der Waals surface area (Å²) in [6.07, 6.45) is 5.82. The highest BCUT2D eigenvalue weighted by Crippen LogP contribution is 2.18. The summed E-state index contributed by atoms with van der Waals surface area (Å²) in [6, 6.07) is 3.69. The Morgan fingerprint density at radius 1 is 1.24 bits per heavy atom. The van der Waals surface area contributed by atoms with Gasteiger partial charge in [-0.2, -0.15) is 0 Å². The summed E-state index contributed by atoms with van der Waals surface area (Å²) < 4.78 is 27.9. The van der Waals surface area contributed by atoms with Crippen molar-refractivity contribution in [2.45, 2.75) is 25.8 Å². The Bertz CT molecular complexity index is 699. The Hall–Kier alpha value is -2.51. The third-order valence-corrected chi connectivity index (χ3v) is 4.49. The number of carbonyl (C=O) groups excluding carboxylic acids is 1. The van der Waals surface area contributed by atoms with Crippen LogP contribution in [0.4, 0.5) is 13.6 Å². The van der Waals surface area contributed by atoms with E-state index in [1.54, 1.807) is 11.1 Å². The molecular formula is C17H21F2N5O. The van der Waals surface area contributed by atoms with Gasteiger partial charge in [-0.1, -0.05) is 11.3 Å². The van der Waals surface area contributed by atoms with Crippen LogP contribution in [0.5, 0.6) is 0 Å². The Balaban J connectivity index is 1.38. The molecule has 1 aromatic heterocycles. The van der Waals surface area contributed by atoms with Crippen LogP contribution in [0.25, 0.3) is 0 Å². The lowest BCUT2D eigenvalue weighted by Crippen LogP contribution is -2.45. The van der Waals surface area contributed by atoms with E-state index in [4.69, 9.17) is 0 Å². The summed E-state index contributed by atoms with van der Waals surface area (Å²) in [4.78, 5) is 14.0. The van der Waals surface area contributed by atoms with Crippen LogP contribution in [0.2, 0.25) is 0 Å². The van der Waals surface area contributed by atoms with E-state index in [9.17, 15) is 13.6 Å². The van der Waals surface area contributed by atoms with Crippen molar-refractivity contribution in [1.29, 1.82) is 0 Å². The topological polar surface area (TPSA) is 63.1 Å². The molecule has 2 amide bonds. The molecule has 1 aliphatic heterocycles. The minimum Gasteiger partial charge on any atom is -0.338 e. The molecule has 25 heavy (non-hydrogen) atoms. The maximum Gasteiger partial charge on any atom is 0.317 e. The first-order valence-corrected chi connectivity index (χ1v) is 8.42. The molecule has 0 bridgehead atoms. The van der Waals surface area contributed by atoms with Crippen LogP contribution in [0, 0.1) is 17.6 Å². The average molecular weight is 349 g/mol. The number of urea groups is 1. The molecule has 0 spiro atoms. The molecule has 0 radical (unpaired) electrons. The van der Waals surface area contributed by atoms with E-state index in [2.05, 4.69) is 15.6 Å². The molecule has 2 aromatic rings. The second-order valence-electron chi connectivity index (χ2n) is 6.29. The van der Waals surface area contributed by atoms with Crippen molar-refractivity contribution in [3.05, 3.63) is 47.8 Å². The van der Waals surface area contributed by atoms with Crippen molar-refractivity contribution in [1.82, 2.24) is 25.2 Å². The van der Waals surface area contributed by atoms with Crippen LogP contribution in [-0.2, 0) is 13.0 Å². The predicted molar refractivity (Wildman–Crippen MR) is 87.8 cm³/mol. The smallest absolute Gasteiger partial charge is 0.317 e. The van der Waals surface area contributed by atoms with Crippen LogP contribution < -0.4 is 5.32 Å². The highest BCUT2D eigenvalue weighted by molar-refractivity contribution is 5.74. The Morgan fingerprint density at radius 2 is 2.04 bits per heavy atom. The molecule has 134 valence electrons. The van der Waals surface area contributed by atoms with Gasteiger partial charge >= 0.3 is 6.03 Å². The van der Waals surface area contributed by atoms with Crippen molar-refractivity contribution in [2.75, 3.05) is 19.6 Å². The van der Waals surface area contributed by atoms with Gasteiger partial charge in [-0.25, -0.2) is 13.6 Å². The molecule has 0 unspecified atom stereocenters. The van der Waals surface area contributed by atoms with Crippen molar-refractivity contribution >= 4 is 6.03 Å². The molecule has 0 aliphatic carbocycles. The fourth-order valence-corrected chi connectivity index (χ4v) is 3.03. The summed E-state index contributed by atoms with van der Waals surface area (Å²) in [5, 5.41) is 10.6. The van der Waals surface area contributed by atoms with E-state index in [-0.39, 0.29) is 6.03 Å². The summed E-state index contributed by atoms with van der Waals surface area (Å²) in [5.74, 6) is -1.23. The van der Waals surface area contributed by atoms with E-state index in [0.717, 1.165) is 31.5 Å². The monoisotopic (exact) mass is 349 g/mol. The molecular weight excluding hydrogens is 328 g/mol. The quantitative estimate of drug-likeness (QED) is 0.900. The fraction of sp³-hybridized carbons (Fsp3) is 0.471. The number of piperidine rings is 1. The zero-order valence-corrected chi connectivity index (χ0v) is 13.9. The number of benzene rings is 1. The average Bonchev–Trinajstić information content (AvgIpc) is 3.11. The van der Waals surface area contributed by atoms with Crippen molar-refractivity contribution in [2.24, 2.45) is 5.92 Å². The largest absolute Gasteiger partial charge is 0.338 e. The maximum atomic E-state index is 13.1. The first-order chi connectivity index (χ1) is 12.1. The minimum atomic E-state index is -0.863. The molecule has 8 heteroatoms. The van der Waals surface area contributed by atoms with E-state index in [0.29, 0.717) is 37.5 Å². The van der Waals surface area contributed by atoms with E-state index >= 15 is 0 Å². The summed E-state index contributed by atoms with van der Waals surface area (Å²) in [7, 11) is 0. The van der Waals surface area contributed by atoms with Crippen LogP contribution in [-0.4, -0.2) is 45.6 Å². The van der Waals surface area contributed by atoms with Gasteiger partial charge < -0.3 is 10.2 Å². The standard InChI is InChI=1S/C17H21F2N5O/c18-15-2-1-13(11-16(15)19)3-6-20-17(25)23-8-4-14(5-9-23)12-24-10-7-21-22-24/h1-2,7,10-11,14H,3-6,8-9,12H2,(H,20,25). The molecule has 0 atom stereocenters. The third kappa shape index (κ3) is 4.74. The lowest BCUT2D eigenvalue weighted by molar-refractivity contribution is 0.164. The minimum absolute atomic E-state index is 0.109. The van der Waals surface area contributed by atoms with Gasteiger partial charge in [-0.05, 0) is 42.9 Å². The van der Waals surface area contributed by atoms with E-state index in [1.807, 2.05) is 10.9 Å². The number of rotatable bonds is 5. The number of hydrogen-bond donors (Lipinski definition) is 1. The van der Waals surface area contributed by atoms with Gasteiger partial charge in [0.25, 0.3) is 0 Å². The normalized spacial score (nSPS) is 15.4. The van der Waals surface area contributed by atoms with Gasteiger partial charge in [0.1, 0.15) is 0 Å². The zero-order chi connectivity index (χ0) is 17.6. The van der Waals surface area contributed by atoms with Crippen molar-refractivity contribution in [3.8, 4) is 0 Å². The number of nitrogens with zero attached hydrogens (tertiary/aromatic N) is 4. The molecule has 2 heterocycles. The van der Waals surface area contributed by atoms with Crippen LogP contribution in [0.1, 0.15) is 18.4 Å². The molecule has 6 nitrogen and oxygen atoms in total. The lowest BCUT2D eigenvalue weighted by atomic mass is 9.97. The molecule has 1 N–H and O–H groups in total. The number of hydrogen-bond acceptors (Lipinski definition) is 3. The zero-order valence-electron chi connectivity index (χ0n) is 13.9. The van der Waals surface area contributed by atoms with Crippen molar-refractivity contribution in [3.63, 3.8) is 0 Å². The second kappa shape index (κ2) is 8.04. The van der Waals surface area contributed by atoms with Crippen LogP contribution >= 0.6 is 0 Å². The molecule has 1 fully saturated rings. The summed E-state index contributed by atoms with van der Waals surface area (Å²) in [5.41, 5.74) is 0.658. The highest BCUT2D eigenvalue weighted by atomic mass is 19.2. The highest BCUT2D eigenvalue weighted by Gasteiger charge is 2.23. The number of likely N-dealkylation sites (tertiary alicyclic amines) is 1. The molecule has 1 aromatic carbocycles. The number of nitrogens with one attached hydrogen (secondary N) is 1. The molecule has 1 aliphatic rings.